The first-order chi connectivity index (χ1) is 6.63. The second-order valence-corrected chi connectivity index (χ2v) is 4.00. The first-order valence-electron chi connectivity index (χ1n) is 4.96. The minimum atomic E-state index is -0.443. The SMILES string of the molecule is CC(C)COC1=CC(=O)C(C=O)CC1. The van der Waals surface area contributed by atoms with Crippen molar-refractivity contribution < 1.29 is 14.3 Å². The number of aldehydes is 1. The molecule has 0 aromatic rings. The van der Waals surface area contributed by atoms with Gasteiger partial charge < -0.3 is 9.53 Å². The molecular weight excluding hydrogens is 180 g/mol. The highest BCUT2D eigenvalue weighted by Crippen LogP contribution is 2.20. The van der Waals surface area contributed by atoms with E-state index in [4.69, 9.17) is 4.74 Å². The van der Waals surface area contributed by atoms with Crippen molar-refractivity contribution in [3.05, 3.63) is 11.8 Å². The Balaban J connectivity index is 2.49. The summed E-state index contributed by atoms with van der Waals surface area (Å²) in [6.45, 7) is 4.74. The fraction of sp³-hybridized carbons (Fsp3) is 0.636. The van der Waals surface area contributed by atoms with Crippen LogP contribution in [0.1, 0.15) is 26.7 Å². The molecule has 0 saturated heterocycles. The molecule has 3 heteroatoms. The van der Waals surface area contributed by atoms with Crippen LogP contribution >= 0.6 is 0 Å². The van der Waals surface area contributed by atoms with Crippen molar-refractivity contribution >= 4 is 12.1 Å². The van der Waals surface area contributed by atoms with Gasteiger partial charge in [-0.1, -0.05) is 13.8 Å². The Labute approximate surface area is 84.1 Å². The molecule has 3 nitrogen and oxygen atoms in total. The number of hydrogen-bond acceptors (Lipinski definition) is 3. The zero-order valence-electron chi connectivity index (χ0n) is 8.66. The minimum Gasteiger partial charge on any atom is -0.498 e. The second kappa shape index (κ2) is 4.94. The van der Waals surface area contributed by atoms with Gasteiger partial charge in [-0.3, -0.25) is 4.79 Å². The van der Waals surface area contributed by atoms with E-state index in [0.717, 1.165) is 12.0 Å². The lowest BCUT2D eigenvalue weighted by atomic mass is 9.93. The van der Waals surface area contributed by atoms with Gasteiger partial charge in [-0.2, -0.15) is 0 Å². The summed E-state index contributed by atoms with van der Waals surface area (Å²) in [5.74, 6) is 0.614. The summed E-state index contributed by atoms with van der Waals surface area (Å²) in [7, 11) is 0. The van der Waals surface area contributed by atoms with Crippen LogP contribution in [-0.4, -0.2) is 18.7 Å². The Morgan fingerprint density at radius 3 is 2.86 bits per heavy atom. The Morgan fingerprint density at radius 1 is 1.64 bits per heavy atom. The van der Waals surface area contributed by atoms with Crippen molar-refractivity contribution in [2.45, 2.75) is 26.7 Å². The molecule has 1 unspecified atom stereocenters. The predicted octanol–water partition coefficient (Wildman–Crippen LogP) is 1.72. The molecule has 0 spiro atoms. The van der Waals surface area contributed by atoms with E-state index in [1.54, 1.807) is 0 Å². The molecule has 0 heterocycles. The Bertz CT molecular complexity index is 253. The Hall–Kier alpha value is -1.12. The fourth-order valence-electron chi connectivity index (χ4n) is 1.30. The molecule has 14 heavy (non-hydrogen) atoms. The van der Waals surface area contributed by atoms with Gasteiger partial charge in [0.25, 0.3) is 0 Å². The average molecular weight is 196 g/mol. The largest absolute Gasteiger partial charge is 0.498 e. The van der Waals surface area contributed by atoms with Crippen molar-refractivity contribution in [3.8, 4) is 0 Å². The number of ether oxygens (including phenoxy) is 1. The first-order valence-corrected chi connectivity index (χ1v) is 4.96. The Kier molecular flexibility index (Phi) is 3.86. The van der Waals surface area contributed by atoms with E-state index in [1.165, 1.54) is 6.08 Å². The van der Waals surface area contributed by atoms with Crippen molar-refractivity contribution in [2.75, 3.05) is 6.61 Å². The number of allylic oxidation sites excluding steroid dienone is 2. The quantitative estimate of drug-likeness (QED) is 0.508. The van der Waals surface area contributed by atoms with Crippen LogP contribution in [-0.2, 0) is 14.3 Å². The molecular formula is C11H16O3. The normalized spacial score (nSPS) is 22.1. The molecule has 1 atom stereocenters. The van der Waals surface area contributed by atoms with Crippen LogP contribution < -0.4 is 0 Å². The number of carbonyl (C=O) groups excluding carboxylic acids is 2. The van der Waals surface area contributed by atoms with E-state index in [9.17, 15) is 9.59 Å². The lowest BCUT2D eigenvalue weighted by molar-refractivity contribution is -0.124. The molecule has 0 N–H and O–H groups in total. The smallest absolute Gasteiger partial charge is 0.169 e. The second-order valence-electron chi connectivity index (χ2n) is 4.00. The number of rotatable bonds is 4. The maximum absolute atomic E-state index is 11.3. The van der Waals surface area contributed by atoms with Crippen LogP contribution in [0.4, 0.5) is 0 Å². The molecule has 0 radical (unpaired) electrons. The maximum Gasteiger partial charge on any atom is 0.169 e. The molecule has 1 aliphatic rings. The van der Waals surface area contributed by atoms with Crippen molar-refractivity contribution in [3.63, 3.8) is 0 Å². The highest BCUT2D eigenvalue weighted by atomic mass is 16.5. The van der Waals surface area contributed by atoms with Crippen LogP contribution in [0.2, 0.25) is 0 Å². The molecule has 0 amide bonds. The maximum atomic E-state index is 11.3. The fourth-order valence-corrected chi connectivity index (χ4v) is 1.30. The van der Waals surface area contributed by atoms with Gasteiger partial charge >= 0.3 is 0 Å². The van der Waals surface area contributed by atoms with Crippen LogP contribution in [0.25, 0.3) is 0 Å². The van der Waals surface area contributed by atoms with Gasteiger partial charge in [0.1, 0.15) is 6.29 Å². The zero-order valence-corrected chi connectivity index (χ0v) is 8.66. The van der Waals surface area contributed by atoms with Gasteiger partial charge in [-0.05, 0) is 12.3 Å². The minimum absolute atomic E-state index is 0.120. The number of carbonyl (C=O) groups is 2. The Morgan fingerprint density at radius 2 is 2.36 bits per heavy atom. The molecule has 0 bridgehead atoms. The summed E-state index contributed by atoms with van der Waals surface area (Å²) in [5, 5.41) is 0. The molecule has 0 aromatic carbocycles. The van der Waals surface area contributed by atoms with E-state index in [-0.39, 0.29) is 5.78 Å². The summed E-state index contributed by atoms with van der Waals surface area (Å²) in [6, 6.07) is 0. The van der Waals surface area contributed by atoms with E-state index in [0.29, 0.717) is 25.4 Å². The van der Waals surface area contributed by atoms with Gasteiger partial charge in [-0.15, -0.1) is 0 Å². The number of hydrogen-bond donors (Lipinski definition) is 0. The van der Waals surface area contributed by atoms with E-state index < -0.39 is 5.92 Å². The van der Waals surface area contributed by atoms with Crippen LogP contribution in [0, 0.1) is 11.8 Å². The summed E-state index contributed by atoms with van der Waals surface area (Å²) in [4.78, 5) is 21.7. The summed E-state index contributed by atoms with van der Waals surface area (Å²) >= 11 is 0. The third kappa shape index (κ3) is 2.98. The third-order valence-corrected chi connectivity index (χ3v) is 2.14. The van der Waals surface area contributed by atoms with Gasteiger partial charge in [-0.25, -0.2) is 0 Å². The summed E-state index contributed by atoms with van der Waals surface area (Å²) < 4.78 is 5.43. The summed E-state index contributed by atoms with van der Waals surface area (Å²) in [5.41, 5.74) is 0. The van der Waals surface area contributed by atoms with Crippen molar-refractivity contribution in [1.29, 1.82) is 0 Å². The average Bonchev–Trinajstić information content (AvgIpc) is 2.15. The highest BCUT2D eigenvalue weighted by molar-refractivity contribution is 6.01. The highest BCUT2D eigenvalue weighted by Gasteiger charge is 2.22. The van der Waals surface area contributed by atoms with Gasteiger partial charge in [0, 0.05) is 12.5 Å². The topological polar surface area (TPSA) is 43.4 Å². The molecule has 0 aromatic heterocycles. The molecule has 1 aliphatic carbocycles. The monoisotopic (exact) mass is 196 g/mol. The molecule has 0 aliphatic heterocycles. The summed E-state index contributed by atoms with van der Waals surface area (Å²) in [6.07, 6.45) is 3.47. The van der Waals surface area contributed by atoms with E-state index >= 15 is 0 Å². The number of ketones is 1. The van der Waals surface area contributed by atoms with E-state index in [1.807, 2.05) is 0 Å². The lowest BCUT2D eigenvalue weighted by Crippen LogP contribution is -2.19. The van der Waals surface area contributed by atoms with Gasteiger partial charge in [0.15, 0.2) is 5.78 Å². The molecule has 0 saturated carbocycles. The zero-order chi connectivity index (χ0) is 10.6. The molecule has 1 rings (SSSR count). The third-order valence-electron chi connectivity index (χ3n) is 2.14. The van der Waals surface area contributed by atoms with Crippen molar-refractivity contribution in [2.24, 2.45) is 11.8 Å². The predicted molar refractivity (Wildman–Crippen MR) is 52.7 cm³/mol. The van der Waals surface area contributed by atoms with Crippen LogP contribution in [0.5, 0.6) is 0 Å². The van der Waals surface area contributed by atoms with Gasteiger partial charge in [0.2, 0.25) is 0 Å². The lowest BCUT2D eigenvalue weighted by Gasteiger charge is -2.18. The van der Waals surface area contributed by atoms with Crippen LogP contribution in [0.3, 0.4) is 0 Å². The molecule has 78 valence electrons. The standard InChI is InChI=1S/C11H16O3/c1-8(2)7-14-10-4-3-9(6-12)11(13)5-10/h5-6,8-9H,3-4,7H2,1-2H3. The van der Waals surface area contributed by atoms with E-state index in [2.05, 4.69) is 13.8 Å². The first kappa shape index (κ1) is 11.0. The molecule has 0 fully saturated rings. The van der Waals surface area contributed by atoms with Gasteiger partial charge in [0.05, 0.1) is 18.3 Å². The van der Waals surface area contributed by atoms with Crippen molar-refractivity contribution in [1.82, 2.24) is 0 Å². The van der Waals surface area contributed by atoms with Crippen LogP contribution in [0.15, 0.2) is 11.8 Å².